The average molecular weight is 285 g/mol. The highest BCUT2D eigenvalue weighted by molar-refractivity contribution is 5.53. The van der Waals surface area contributed by atoms with Gasteiger partial charge in [0.05, 0.1) is 5.69 Å². The van der Waals surface area contributed by atoms with Crippen molar-refractivity contribution >= 4 is 0 Å². The van der Waals surface area contributed by atoms with E-state index in [9.17, 15) is 0 Å². The number of oxazole rings is 1. The molecule has 3 rings (SSSR count). The number of hydrogen-bond acceptors (Lipinski definition) is 4. The first kappa shape index (κ1) is 14.3. The SMILES string of the molecule is Cc1ccc(-c2nc(CN3CC(C)NCC3C)co2)cc1. The van der Waals surface area contributed by atoms with Gasteiger partial charge in [0.15, 0.2) is 0 Å². The summed E-state index contributed by atoms with van der Waals surface area (Å²) in [5, 5.41) is 3.50. The molecule has 1 aliphatic rings. The summed E-state index contributed by atoms with van der Waals surface area (Å²) in [5.74, 6) is 0.709. The minimum Gasteiger partial charge on any atom is -0.444 e. The van der Waals surface area contributed by atoms with E-state index in [-0.39, 0.29) is 0 Å². The van der Waals surface area contributed by atoms with E-state index in [1.807, 2.05) is 0 Å². The Balaban J connectivity index is 1.71. The van der Waals surface area contributed by atoms with Crippen LogP contribution in [0.2, 0.25) is 0 Å². The molecule has 1 saturated heterocycles. The van der Waals surface area contributed by atoms with E-state index in [1.54, 1.807) is 6.26 Å². The van der Waals surface area contributed by atoms with Gasteiger partial charge in [0.1, 0.15) is 6.26 Å². The van der Waals surface area contributed by atoms with Crippen molar-refractivity contribution in [2.75, 3.05) is 13.1 Å². The predicted octanol–water partition coefficient (Wildman–Crippen LogP) is 2.83. The van der Waals surface area contributed by atoms with Gasteiger partial charge in [-0.25, -0.2) is 4.98 Å². The van der Waals surface area contributed by atoms with Crippen molar-refractivity contribution in [3.05, 3.63) is 41.8 Å². The zero-order chi connectivity index (χ0) is 14.8. The van der Waals surface area contributed by atoms with E-state index < -0.39 is 0 Å². The minimum absolute atomic E-state index is 0.528. The first-order chi connectivity index (χ1) is 10.1. The van der Waals surface area contributed by atoms with Crippen LogP contribution in [0, 0.1) is 6.92 Å². The lowest BCUT2D eigenvalue weighted by Crippen LogP contribution is -2.53. The first-order valence-corrected chi connectivity index (χ1v) is 7.60. The normalized spacial score (nSPS) is 23.4. The molecule has 0 radical (unpaired) electrons. The van der Waals surface area contributed by atoms with Crippen LogP contribution in [-0.2, 0) is 6.54 Å². The van der Waals surface area contributed by atoms with Gasteiger partial charge in [-0.15, -0.1) is 0 Å². The summed E-state index contributed by atoms with van der Waals surface area (Å²) in [4.78, 5) is 7.09. The highest BCUT2D eigenvalue weighted by Crippen LogP contribution is 2.20. The summed E-state index contributed by atoms with van der Waals surface area (Å²) in [7, 11) is 0. The summed E-state index contributed by atoms with van der Waals surface area (Å²) in [6, 6.07) is 9.34. The van der Waals surface area contributed by atoms with Crippen LogP contribution < -0.4 is 5.32 Å². The highest BCUT2D eigenvalue weighted by atomic mass is 16.3. The molecule has 1 N–H and O–H groups in total. The maximum Gasteiger partial charge on any atom is 0.226 e. The molecule has 0 aliphatic carbocycles. The molecule has 2 atom stereocenters. The van der Waals surface area contributed by atoms with Crippen LogP contribution in [0.3, 0.4) is 0 Å². The predicted molar refractivity (Wildman–Crippen MR) is 84.0 cm³/mol. The number of piperazine rings is 1. The molecule has 1 aromatic heterocycles. The molecule has 21 heavy (non-hydrogen) atoms. The number of nitrogens with one attached hydrogen (secondary N) is 1. The van der Waals surface area contributed by atoms with E-state index in [0.717, 1.165) is 30.9 Å². The third-order valence-corrected chi connectivity index (χ3v) is 4.11. The summed E-state index contributed by atoms with van der Waals surface area (Å²) >= 11 is 0. The molecule has 0 saturated carbocycles. The molecule has 0 spiro atoms. The third kappa shape index (κ3) is 3.34. The molecule has 0 bridgehead atoms. The summed E-state index contributed by atoms with van der Waals surface area (Å²) in [5.41, 5.74) is 3.29. The number of benzene rings is 1. The Kier molecular flexibility index (Phi) is 4.08. The number of rotatable bonds is 3. The average Bonchev–Trinajstić information content (AvgIpc) is 2.92. The van der Waals surface area contributed by atoms with Crippen molar-refractivity contribution in [1.82, 2.24) is 15.2 Å². The standard InChI is InChI=1S/C17H23N3O/c1-12-4-6-15(7-5-12)17-19-16(11-21-17)10-20-9-13(2)18-8-14(20)3/h4-7,11,13-14,18H,8-10H2,1-3H3. The smallest absolute Gasteiger partial charge is 0.226 e. The Bertz CT molecular complexity index is 590. The molecule has 0 amide bonds. The maximum absolute atomic E-state index is 5.64. The number of hydrogen-bond donors (Lipinski definition) is 1. The minimum atomic E-state index is 0.528. The van der Waals surface area contributed by atoms with Crippen molar-refractivity contribution < 1.29 is 4.42 Å². The highest BCUT2D eigenvalue weighted by Gasteiger charge is 2.23. The van der Waals surface area contributed by atoms with Crippen molar-refractivity contribution in [1.29, 1.82) is 0 Å². The van der Waals surface area contributed by atoms with Crippen molar-refractivity contribution in [3.63, 3.8) is 0 Å². The maximum atomic E-state index is 5.64. The zero-order valence-electron chi connectivity index (χ0n) is 13.0. The first-order valence-electron chi connectivity index (χ1n) is 7.60. The molecule has 4 nitrogen and oxygen atoms in total. The summed E-state index contributed by atoms with van der Waals surface area (Å²) < 4.78 is 5.64. The van der Waals surface area contributed by atoms with Gasteiger partial charge < -0.3 is 9.73 Å². The summed E-state index contributed by atoms with van der Waals surface area (Å²) in [6.45, 7) is 9.48. The molecular formula is C17H23N3O. The van der Waals surface area contributed by atoms with Gasteiger partial charge in [0.25, 0.3) is 0 Å². The van der Waals surface area contributed by atoms with Crippen LogP contribution >= 0.6 is 0 Å². The molecule has 1 aliphatic heterocycles. The van der Waals surface area contributed by atoms with Crippen molar-refractivity contribution in [2.24, 2.45) is 0 Å². The molecule has 1 aromatic carbocycles. The molecule has 4 heteroatoms. The Morgan fingerprint density at radius 2 is 2.05 bits per heavy atom. The number of aryl methyl sites for hydroxylation is 1. The topological polar surface area (TPSA) is 41.3 Å². The van der Waals surface area contributed by atoms with Crippen LogP contribution in [0.1, 0.15) is 25.1 Å². The quantitative estimate of drug-likeness (QED) is 0.941. The molecule has 2 heterocycles. The van der Waals surface area contributed by atoms with Crippen LogP contribution in [0.5, 0.6) is 0 Å². The lowest BCUT2D eigenvalue weighted by Gasteiger charge is -2.36. The van der Waals surface area contributed by atoms with Gasteiger partial charge in [0, 0.05) is 37.3 Å². The van der Waals surface area contributed by atoms with Crippen LogP contribution in [-0.4, -0.2) is 35.1 Å². The van der Waals surface area contributed by atoms with Crippen molar-refractivity contribution in [3.8, 4) is 11.5 Å². The molecule has 2 aromatic rings. The Morgan fingerprint density at radius 3 is 2.81 bits per heavy atom. The van der Waals surface area contributed by atoms with Gasteiger partial charge in [-0.3, -0.25) is 4.90 Å². The Labute approximate surface area is 126 Å². The Hall–Kier alpha value is -1.65. The summed E-state index contributed by atoms with van der Waals surface area (Å²) in [6.07, 6.45) is 1.79. The fraction of sp³-hybridized carbons (Fsp3) is 0.471. The van der Waals surface area contributed by atoms with Gasteiger partial charge in [-0.2, -0.15) is 0 Å². The van der Waals surface area contributed by atoms with E-state index in [4.69, 9.17) is 4.42 Å². The van der Waals surface area contributed by atoms with Gasteiger partial charge in [-0.1, -0.05) is 17.7 Å². The van der Waals surface area contributed by atoms with E-state index in [0.29, 0.717) is 18.0 Å². The van der Waals surface area contributed by atoms with E-state index >= 15 is 0 Å². The molecule has 1 fully saturated rings. The van der Waals surface area contributed by atoms with Crippen molar-refractivity contribution in [2.45, 2.75) is 39.4 Å². The zero-order valence-corrected chi connectivity index (χ0v) is 13.0. The lowest BCUT2D eigenvalue weighted by molar-refractivity contribution is 0.137. The third-order valence-electron chi connectivity index (χ3n) is 4.11. The molecular weight excluding hydrogens is 262 g/mol. The van der Waals surface area contributed by atoms with Crippen LogP contribution in [0.4, 0.5) is 0 Å². The fourth-order valence-electron chi connectivity index (χ4n) is 2.73. The van der Waals surface area contributed by atoms with E-state index in [1.165, 1.54) is 5.56 Å². The molecule has 2 unspecified atom stereocenters. The number of aromatic nitrogens is 1. The monoisotopic (exact) mass is 285 g/mol. The van der Waals surface area contributed by atoms with Gasteiger partial charge in [0.2, 0.25) is 5.89 Å². The number of nitrogens with zero attached hydrogens (tertiary/aromatic N) is 2. The lowest BCUT2D eigenvalue weighted by atomic mass is 10.1. The van der Waals surface area contributed by atoms with E-state index in [2.05, 4.69) is 60.2 Å². The molecule has 112 valence electrons. The van der Waals surface area contributed by atoms with Crippen LogP contribution in [0.25, 0.3) is 11.5 Å². The second kappa shape index (κ2) is 6.00. The van der Waals surface area contributed by atoms with Gasteiger partial charge in [-0.05, 0) is 32.9 Å². The second-order valence-corrected chi connectivity index (χ2v) is 6.10. The fourth-order valence-corrected chi connectivity index (χ4v) is 2.73. The second-order valence-electron chi connectivity index (χ2n) is 6.10. The van der Waals surface area contributed by atoms with Gasteiger partial charge >= 0.3 is 0 Å². The Morgan fingerprint density at radius 1 is 1.29 bits per heavy atom. The largest absolute Gasteiger partial charge is 0.444 e. The van der Waals surface area contributed by atoms with Crippen LogP contribution in [0.15, 0.2) is 34.9 Å².